The summed E-state index contributed by atoms with van der Waals surface area (Å²) in [6.45, 7) is 0. The van der Waals surface area contributed by atoms with Crippen LogP contribution in [0.5, 0.6) is 0 Å². The maximum absolute atomic E-state index is 5.88. The van der Waals surface area contributed by atoms with Crippen LogP contribution in [0.4, 0.5) is 0 Å². The van der Waals surface area contributed by atoms with Gasteiger partial charge in [0.1, 0.15) is 17.4 Å². The summed E-state index contributed by atoms with van der Waals surface area (Å²) in [5.41, 5.74) is 2.10. The van der Waals surface area contributed by atoms with Gasteiger partial charge in [-0.2, -0.15) is 0 Å². The molecule has 0 radical (unpaired) electrons. The molecule has 0 saturated carbocycles. The molecule has 0 bridgehead atoms. The van der Waals surface area contributed by atoms with Crippen LogP contribution in [0.3, 0.4) is 0 Å². The van der Waals surface area contributed by atoms with Crippen LogP contribution in [0.1, 0.15) is 7.43 Å². The molecule has 0 atom stereocenters. The number of benzene rings is 1. The van der Waals surface area contributed by atoms with E-state index in [4.69, 9.17) is 16.0 Å². The molecule has 2 aromatic heterocycles. The SMILES string of the molecule is C.Clc1ncnc2c1oc1ccccc12. The maximum atomic E-state index is 5.88. The smallest absolute Gasteiger partial charge is 0.191 e. The van der Waals surface area contributed by atoms with Crippen LogP contribution >= 0.6 is 11.6 Å². The number of aromatic nitrogens is 2. The van der Waals surface area contributed by atoms with Crippen LogP contribution in [0, 0.1) is 0 Å². The van der Waals surface area contributed by atoms with Crippen molar-refractivity contribution in [3.05, 3.63) is 35.7 Å². The second kappa shape index (κ2) is 3.51. The highest BCUT2D eigenvalue weighted by Gasteiger charge is 2.10. The lowest BCUT2D eigenvalue weighted by atomic mass is 10.2. The van der Waals surface area contributed by atoms with Crippen molar-refractivity contribution in [1.29, 1.82) is 0 Å². The minimum Gasteiger partial charge on any atom is -0.451 e. The highest BCUT2D eigenvalue weighted by atomic mass is 35.5. The Labute approximate surface area is 91.7 Å². The minimum atomic E-state index is 0. The van der Waals surface area contributed by atoms with Crippen LogP contribution < -0.4 is 0 Å². The summed E-state index contributed by atoms with van der Waals surface area (Å²) in [5.74, 6) is 0. The second-order valence-electron chi connectivity index (χ2n) is 2.94. The summed E-state index contributed by atoms with van der Waals surface area (Å²) < 4.78 is 5.53. The Bertz CT molecular complexity index is 618. The molecule has 76 valence electrons. The Kier molecular flexibility index (Phi) is 2.32. The van der Waals surface area contributed by atoms with E-state index in [9.17, 15) is 0 Å². The van der Waals surface area contributed by atoms with Crippen LogP contribution in [0.15, 0.2) is 35.0 Å². The first-order valence-electron chi connectivity index (χ1n) is 4.14. The predicted molar refractivity (Wildman–Crippen MR) is 61.1 cm³/mol. The molecule has 0 aliphatic rings. The molecule has 0 saturated heterocycles. The number of hydrogen-bond donors (Lipinski definition) is 0. The van der Waals surface area contributed by atoms with E-state index in [1.165, 1.54) is 6.33 Å². The van der Waals surface area contributed by atoms with E-state index in [1.54, 1.807) is 0 Å². The molecule has 0 spiro atoms. The van der Waals surface area contributed by atoms with E-state index in [-0.39, 0.29) is 7.43 Å². The van der Waals surface area contributed by atoms with Gasteiger partial charge in [-0.05, 0) is 12.1 Å². The van der Waals surface area contributed by atoms with Crippen molar-refractivity contribution >= 4 is 33.7 Å². The van der Waals surface area contributed by atoms with Crippen LogP contribution in [0.2, 0.25) is 5.15 Å². The van der Waals surface area contributed by atoms with E-state index in [0.717, 1.165) is 16.5 Å². The van der Waals surface area contributed by atoms with Crippen molar-refractivity contribution in [2.75, 3.05) is 0 Å². The van der Waals surface area contributed by atoms with Crippen LogP contribution in [0.25, 0.3) is 22.1 Å². The van der Waals surface area contributed by atoms with E-state index in [0.29, 0.717) is 10.7 Å². The molecule has 0 aliphatic heterocycles. The zero-order valence-corrected chi connectivity index (χ0v) is 7.82. The standard InChI is InChI=1S/C10H5ClN2O.CH4/c11-10-9-8(12-5-13-10)6-3-1-2-4-7(6)14-9;/h1-5H;1H4. The number of hydrogen-bond acceptors (Lipinski definition) is 3. The summed E-state index contributed by atoms with van der Waals surface area (Å²) >= 11 is 5.88. The van der Waals surface area contributed by atoms with Crippen LogP contribution in [-0.2, 0) is 0 Å². The van der Waals surface area contributed by atoms with Crippen LogP contribution in [-0.4, -0.2) is 9.97 Å². The molecule has 3 nitrogen and oxygen atoms in total. The Morgan fingerprint density at radius 3 is 2.80 bits per heavy atom. The predicted octanol–water partition coefficient (Wildman–Crippen LogP) is 3.67. The van der Waals surface area contributed by atoms with Crippen molar-refractivity contribution in [2.45, 2.75) is 7.43 Å². The molecular formula is C11H9ClN2O. The Hall–Kier alpha value is -1.61. The van der Waals surface area contributed by atoms with Crippen molar-refractivity contribution in [2.24, 2.45) is 0 Å². The largest absolute Gasteiger partial charge is 0.451 e. The average molecular weight is 221 g/mol. The quantitative estimate of drug-likeness (QED) is 0.543. The fourth-order valence-electron chi connectivity index (χ4n) is 1.50. The number of rotatable bonds is 0. The lowest BCUT2D eigenvalue weighted by Gasteiger charge is -1.87. The van der Waals surface area contributed by atoms with E-state index in [1.807, 2.05) is 24.3 Å². The van der Waals surface area contributed by atoms with Gasteiger partial charge in [0.2, 0.25) is 0 Å². The molecule has 3 aromatic rings. The third kappa shape index (κ3) is 1.36. The average Bonchev–Trinajstić information content (AvgIpc) is 2.59. The second-order valence-corrected chi connectivity index (χ2v) is 3.30. The van der Waals surface area contributed by atoms with Gasteiger partial charge in [0.05, 0.1) is 0 Å². The fourth-order valence-corrected chi connectivity index (χ4v) is 1.67. The van der Waals surface area contributed by atoms with Gasteiger partial charge in [0.25, 0.3) is 0 Å². The number of halogens is 1. The number of fused-ring (bicyclic) bond motifs is 3. The molecule has 3 rings (SSSR count). The third-order valence-electron chi connectivity index (χ3n) is 2.11. The molecule has 2 heterocycles. The van der Waals surface area contributed by atoms with Gasteiger partial charge in [-0.25, -0.2) is 9.97 Å². The van der Waals surface area contributed by atoms with Gasteiger partial charge in [-0.15, -0.1) is 0 Å². The first kappa shape index (κ1) is 9.93. The van der Waals surface area contributed by atoms with Crippen molar-refractivity contribution in [3.63, 3.8) is 0 Å². The van der Waals surface area contributed by atoms with Gasteiger partial charge in [0, 0.05) is 5.39 Å². The molecule has 0 N–H and O–H groups in total. The monoisotopic (exact) mass is 220 g/mol. The number of para-hydroxylation sites is 1. The molecule has 0 unspecified atom stereocenters. The summed E-state index contributed by atoms with van der Waals surface area (Å²) in [7, 11) is 0. The van der Waals surface area contributed by atoms with E-state index >= 15 is 0 Å². The first-order valence-corrected chi connectivity index (χ1v) is 4.52. The van der Waals surface area contributed by atoms with Gasteiger partial charge < -0.3 is 4.42 Å². The summed E-state index contributed by atoms with van der Waals surface area (Å²) in [5, 5.41) is 1.32. The van der Waals surface area contributed by atoms with Gasteiger partial charge >= 0.3 is 0 Å². The fraction of sp³-hybridized carbons (Fsp3) is 0.0909. The maximum Gasteiger partial charge on any atom is 0.191 e. The highest BCUT2D eigenvalue weighted by molar-refractivity contribution is 6.34. The zero-order chi connectivity index (χ0) is 9.54. The first-order chi connectivity index (χ1) is 6.86. The molecule has 4 heteroatoms. The Morgan fingerprint density at radius 1 is 1.13 bits per heavy atom. The van der Waals surface area contributed by atoms with Gasteiger partial charge in [-0.3, -0.25) is 0 Å². The molecule has 0 fully saturated rings. The highest BCUT2D eigenvalue weighted by Crippen LogP contribution is 2.29. The Balaban J connectivity index is 0.000000853. The molecule has 1 aromatic carbocycles. The molecule has 15 heavy (non-hydrogen) atoms. The third-order valence-corrected chi connectivity index (χ3v) is 2.38. The number of nitrogens with zero attached hydrogens (tertiary/aromatic N) is 2. The normalized spacial score (nSPS) is 10.5. The summed E-state index contributed by atoms with van der Waals surface area (Å²) in [4.78, 5) is 8.00. The van der Waals surface area contributed by atoms with Gasteiger partial charge in [0.15, 0.2) is 10.7 Å². The van der Waals surface area contributed by atoms with Gasteiger partial charge in [-0.1, -0.05) is 31.2 Å². The lowest BCUT2D eigenvalue weighted by molar-refractivity contribution is 0.666. The molecular weight excluding hydrogens is 212 g/mol. The summed E-state index contributed by atoms with van der Waals surface area (Å²) in [6, 6.07) is 7.68. The van der Waals surface area contributed by atoms with E-state index in [2.05, 4.69) is 9.97 Å². The van der Waals surface area contributed by atoms with E-state index < -0.39 is 0 Å². The Morgan fingerprint density at radius 2 is 1.93 bits per heavy atom. The summed E-state index contributed by atoms with van der Waals surface area (Å²) in [6.07, 6.45) is 1.44. The topological polar surface area (TPSA) is 38.9 Å². The molecule has 0 aliphatic carbocycles. The minimum absolute atomic E-state index is 0. The molecule has 0 amide bonds. The number of furan rings is 1. The van der Waals surface area contributed by atoms with Crippen molar-refractivity contribution < 1.29 is 4.42 Å². The van der Waals surface area contributed by atoms with Crippen molar-refractivity contribution in [1.82, 2.24) is 9.97 Å². The zero-order valence-electron chi connectivity index (χ0n) is 7.07. The lowest BCUT2D eigenvalue weighted by Crippen LogP contribution is -1.78. The van der Waals surface area contributed by atoms with Crippen molar-refractivity contribution in [3.8, 4) is 0 Å².